The number of halogens is 2. The number of rotatable bonds is 4. The molecule has 20 heavy (non-hydrogen) atoms. The summed E-state index contributed by atoms with van der Waals surface area (Å²) in [4.78, 5) is 0. The molecule has 0 radical (unpaired) electrons. The zero-order valence-corrected chi connectivity index (χ0v) is 13.1. The molecule has 1 aliphatic carbocycles. The van der Waals surface area contributed by atoms with E-state index in [1.165, 1.54) is 18.4 Å². The van der Waals surface area contributed by atoms with E-state index in [2.05, 4.69) is 19.0 Å². The van der Waals surface area contributed by atoms with E-state index in [0.29, 0.717) is 21.9 Å². The molecule has 2 nitrogen and oxygen atoms in total. The third-order valence-electron chi connectivity index (χ3n) is 3.58. The van der Waals surface area contributed by atoms with Crippen LogP contribution in [-0.4, -0.2) is 5.16 Å². The highest BCUT2D eigenvalue weighted by atomic mass is 35.5. The molecule has 0 unspecified atom stereocenters. The molecule has 0 amide bonds. The molecule has 3 rings (SSSR count). The van der Waals surface area contributed by atoms with Gasteiger partial charge in [-0.2, -0.15) is 0 Å². The number of aromatic nitrogens is 1. The molecule has 0 spiro atoms. The molecule has 1 fully saturated rings. The van der Waals surface area contributed by atoms with Gasteiger partial charge in [0.2, 0.25) is 0 Å². The van der Waals surface area contributed by atoms with E-state index in [1.54, 1.807) is 0 Å². The van der Waals surface area contributed by atoms with Gasteiger partial charge in [-0.1, -0.05) is 48.3 Å². The van der Waals surface area contributed by atoms with Gasteiger partial charge in [-0.05, 0) is 37.3 Å². The van der Waals surface area contributed by atoms with Crippen LogP contribution in [-0.2, 0) is 6.42 Å². The summed E-state index contributed by atoms with van der Waals surface area (Å²) >= 11 is 12.6. The van der Waals surface area contributed by atoms with Crippen LogP contribution >= 0.6 is 23.2 Å². The lowest BCUT2D eigenvalue weighted by Gasteiger charge is -2.09. The molecule has 1 heterocycles. The summed E-state index contributed by atoms with van der Waals surface area (Å²) in [6.45, 7) is 4.39. The minimum Gasteiger partial charge on any atom is -0.360 e. The number of hydrogen-bond acceptors (Lipinski definition) is 2. The Kier molecular flexibility index (Phi) is 3.78. The minimum absolute atomic E-state index is 0.534. The van der Waals surface area contributed by atoms with Crippen LogP contribution in [0.5, 0.6) is 0 Å². The maximum Gasteiger partial charge on any atom is 0.143 e. The zero-order valence-electron chi connectivity index (χ0n) is 11.6. The Morgan fingerprint density at radius 3 is 2.45 bits per heavy atom. The van der Waals surface area contributed by atoms with Gasteiger partial charge < -0.3 is 4.52 Å². The van der Waals surface area contributed by atoms with E-state index >= 15 is 0 Å². The average Bonchev–Trinajstić information content (AvgIpc) is 3.13. The predicted octanol–water partition coefficient (Wildman–Crippen LogP) is 5.72. The van der Waals surface area contributed by atoms with Gasteiger partial charge >= 0.3 is 0 Å². The molecule has 0 aliphatic heterocycles. The Balaban J connectivity index is 2.13. The van der Waals surface area contributed by atoms with Crippen LogP contribution in [0, 0.1) is 5.92 Å². The SMILES string of the molecule is CC(C)Cc1c(-c2c(Cl)cccc2Cl)noc1C1CC1. The van der Waals surface area contributed by atoms with Crippen molar-refractivity contribution in [3.05, 3.63) is 39.6 Å². The fourth-order valence-electron chi connectivity index (χ4n) is 2.51. The lowest BCUT2D eigenvalue weighted by molar-refractivity contribution is 0.383. The summed E-state index contributed by atoms with van der Waals surface area (Å²) < 4.78 is 5.62. The largest absolute Gasteiger partial charge is 0.360 e. The zero-order chi connectivity index (χ0) is 14.3. The quantitative estimate of drug-likeness (QED) is 0.721. The monoisotopic (exact) mass is 309 g/mol. The molecule has 0 bridgehead atoms. The second-order valence-electron chi connectivity index (χ2n) is 5.84. The predicted molar refractivity (Wildman–Crippen MR) is 82.5 cm³/mol. The van der Waals surface area contributed by atoms with Crippen molar-refractivity contribution in [3.8, 4) is 11.3 Å². The molecule has 106 valence electrons. The first kappa shape index (κ1) is 14.0. The second kappa shape index (κ2) is 5.42. The smallest absolute Gasteiger partial charge is 0.143 e. The van der Waals surface area contributed by atoms with Crippen molar-refractivity contribution < 1.29 is 4.52 Å². The molecule has 1 aromatic carbocycles. The van der Waals surface area contributed by atoms with Gasteiger partial charge in [-0.15, -0.1) is 0 Å². The molecular weight excluding hydrogens is 293 g/mol. The first-order valence-electron chi connectivity index (χ1n) is 7.00. The fourth-order valence-corrected chi connectivity index (χ4v) is 3.09. The van der Waals surface area contributed by atoms with E-state index < -0.39 is 0 Å². The van der Waals surface area contributed by atoms with E-state index in [4.69, 9.17) is 27.7 Å². The molecule has 1 saturated carbocycles. The lowest BCUT2D eigenvalue weighted by Crippen LogP contribution is -1.98. The molecule has 1 aliphatic rings. The van der Waals surface area contributed by atoms with Crippen LogP contribution in [0.25, 0.3) is 11.3 Å². The van der Waals surface area contributed by atoms with E-state index in [9.17, 15) is 0 Å². The van der Waals surface area contributed by atoms with Crippen LogP contribution in [0.15, 0.2) is 22.7 Å². The van der Waals surface area contributed by atoms with Crippen molar-refractivity contribution in [1.82, 2.24) is 5.16 Å². The van der Waals surface area contributed by atoms with Crippen molar-refractivity contribution in [2.45, 2.75) is 39.0 Å². The summed E-state index contributed by atoms with van der Waals surface area (Å²) in [5.74, 6) is 2.10. The van der Waals surface area contributed by atoms with Gasteiger partial charge in [0.05, 0.1) is 10.0 Å². The number of benzene rings is 1. The van der Waals surface area contributed by atoms with Crippen molar-refractivity contribution in [1.29, 1.82) is 0 Å². The molecule has 4 heteroatoms. The van der Waals surface area contributed by atoms with Crippen molar-refractivity contribution in [2.24, 2.45) is 5.92 Å². The summed E-state index contributed by atoms with van der Waals surface area (Å²) in [5, 5.41) is 5.53. The highest BCUT2D eigenvalue weighted by Gasteiger charge is 2.33. The van der Waals surface area contributed by atoms with Crippen LogP contribution in [0.3, 0.4) is 0 Å². The third kappa shape index (κ3) is 2.59. The third-order valence-corrected chi connectivity index (χ3v) is 4.21. The second-order valence-corrected chi connectivity index (χ2v) is 6.66. The topological polar surface area (TPSA) is 26.0 Å². The summed E-state index contributed by atoms with van der Waals surface area (Å²) in [6, 6.07) is 5.53. The highest BCUT2D eigenvalue weighted by molar-refractivity contribution is 6.39. The summed E-state index contributed by atoms with van der Waals surface area (Å²) in [5.41, 5.74) is 2.79. The maximum absolute atomic E-state index is 6.31. The number of hydrogen-bond donors (Lipinski definition) is 0. The molecule has 1 aromatic heterocycles. The van der Waals surface area contributed by atoms with Gasteiger partial charge in [0.25, 0.3) is 0 Å². The molecule has 0 N–H and O–H groups in total. The Hall–Kier alpha value is -0.990. The van der Waals surface area contributed by atoms with Gasteiger partial charge in [-0.3, -0.25) is 0 Å². The fraction of sp³-hybridized carbons (Fsp3) is 0.438. The first-order valence-corrected chi connectivity index (χ1v) is 7.76. The van der Waals surface area contributed by atoms with Crippen LogP contribution in [0.1, 0.15) is 43.9 Å². The van der Waals surface area contributed by atoms with Crippen molar-refractivity contribution >= 4 is 23.2 Å². The molecule has 0 atom stereocenters. The summed E-state index contributed by atoms with van der Waals surface area (Å²) in [7, 11) is 0. The van der Waals surface area contributed by atoms with E-state index in [-0.39, 0.29) is 0 Å². The minimum atomic E-state index is 0.534. The summed E-state index contributed by atoms with van der Waals surface area (Å²) in [6.07, 6.45) is 3.32. The van der Waals surface area contributed by atoms with Crippen molar-refractivity contribution in [2.75, 3.05) is 0 Å². The molecule has 2 aromatic rings. The maximum atomic E-state index is 6.31. The standard InChI is InChI=1S/C16H17Cl2NO/c1-9(2)8-11-15(19-20-16(11)10-6-7-10)14-12(17)4-3-5-13(14)18/h3-5,9-10H,6-8H2,1-2H3. The van der Waals surface area contributed by atoms with Crippen LogP contribution in [0.2, 0.25) is 10.0 Å². The van der Waals surface area contributed by atoms with Gasteiger partial charge in [-0.25, -0.2) is 0 Å². The van der Waals surface area contributed by atoms with E-state index in [1.807, 2.05) is 18.2 Å². The van der Waals surface area contributed by atoms with Gasteiger partial charge in [0, 0.05) is 17.0 Å². The Bertz CT molecular complexity index is 609. The van der Waals surface area contributed by atoms with Gasteiger partial charge in [0.15, 0.2) is 0 Å². The van der Waals surface area contributed by atoms with Crippen molar-refractivity contribution in [3.63, 3.8) is 0 Å². The molecular formula is C16H17Cl2NO. The van der Waals surface area contributed by atoms with Crippen LogP contribution < -0.4 is 0 Å². The van der Waals surface area contributed by atoms with E-state index in [0.717, 1.165) is 23.4 Å². The van der Waals surface area contributed by atoms with Gasteiger partial charge in [0.1, 0.15) is 11.5 Å². The Morgan fingerprint density at radius 2 is 1.90 bits per heavy atom. The first-order chi connectivity index (χ1) is 9.58. The Morgan fingerprint density at radius 1 is 1.25 bits per heavy atom. The normalized spacial score (nSPS) is 15.1. The molecule has 0 saturated heterocycles. The lowest BCUT2D eigenvalue weighted by atomic mass is 9.96. The van der Waals surface area contributed by atoms with Crippen LogP contribution in [0.4, 0.5) is 0 Å². The number of nitrogens with zero attached hydrogens (tertiary/aromatic N) is 1. The Labute approximate surface area is 129 Å². The highest BCUT2D eigenvalue weighted by Crippen LogP contribution is 2.46. The average molecular weight is 310 g/mol.